The molecule has 3 nitrogen and oxygen atoms in total. The van der Waals surface area contributed by atoms with E-state index in [1.807, 2.05) is 0 Å². The predicted octanol–water partition coefficient (Wildman–Crippen LogP) is 2.98. The summed E-state index contributed by atoms with van der Waals surface area (Å²) in [4.78, 5) is 14.7. The topological polar surface area (TPSA) is 32.3 Å². The molecule has 0 spiro atoms. The van der Waals surface area contributed by atoms with Crippen LogP contribution in [0.3, 0.4) is 0 Å². The van der Waals surface area contributed by atoms with Crippen molar-refractivity contribution in [2.45, 2.75) is 76.9 Å². The molecular formula is C16H29ClN2O. The smallest absolute Gasteiger partial charge is 0.223 e. The second kappa shape index (κ2) is 6.65. The minimum atomic E-state index is 0. The Bertz CT molecular complexity index is 337. The van der Waals surface area contributed by atoms with Crippen LogP contribution in [0, 0.1) is 11.8 Å². The molecule has 20 heavy (non-hydrogen) atoms. The fourth-order valence-electron chi connectivity index (χ4n) is 4.39. The molecule has 4 atom stereocenters. The van der Waals surface area contributed by atoms with Gasteiger partial charge in [-0.2, -0.15) is 0 Å². The van der Waals surface area contributed by atoms with Gasteiger partial charge < -0.3 is 10.2 Å². The van der Waals surface area contributed by atoms with Crippen molar-refractivity contribution < 1.29 is 4.79 Å². The summed E-state index contributed by atoms with van der Waals surface area (Å²) in [5, 5.41) is 3.66. The molecule has 3 aliphatic rings. The Kier molecular flexibility index (Phi) is 5.36. The molecular weight excluding hydrogens is 272 g/mol. The number of fused-ring (bicyclic) bond motifs is 2. The Hall–Kier alpha value is -0.280. The first kappa shape index (κ1) is 16.1. The van der Waals surface area contributed by atoms with Gasteiger partial charge in [-0.05, 0) is 57.3 Å². The normalized spacial score (nSPS) is 40.3. The molecule has 0 aromatic rings. The summed E-state index contributed by atoms with van der Waals surface area (Å²) in [6.45, 7) is 5.50. The number of nitrogens with one attached hydrogen (secondary N) is 1. The van der Waals surface area contributed by atoms with Gasteiger partial charge in [0.15, 0.2) is 0 Å². The van der Waals surface area contributed by atoms with Gasteiger partial charge in [0.05, 0.1) is 0 Å². The van der Waals surface area contributed by atoms with Crippen LogP contribution in [0.2, 0.25) is 0 Å². The number of carbonyl (C=O) groups is 1. The molecule has 3 fully saturated rings. The standard InChI is InChI=1S/C16H28N2O.ClH/c1-11-4-3-7-18(12(11)2)16(19)10-13-8-14-5-6-15(9-13)17-14;/h11-15,17H,3-10H2,1-2H3;1H. The number of halogens is 1. The first-order valence-electron chi connectivity index (χ1n) is 8.19. The van der Waals surface area contributed by atoms with Gasteiger partial charge in [0.1, 0.15) is 0 Å². The van der Waals surface area contributed by atoms with Gasteiger partial charge in [0.25, 0.3) is 0 Å². The van der Waals surface area contributed by atoms with E-state index in [0.29, 0.717) is 35.9 Å². The van der Waals surface area contributed by atoms with Crippen LogP contribution >= 0.6 is 12.4 Å². The summed E-state index contributed by atoms with van der Waals surface area (Å²) < 4.78 is 0. The van der Waals surface area contributed by atoms with Crippen molar-refractivity contribution in [2.24, 2.45) is 11.8 Å². The maximum Gasteiger partial charge on any atom is 0.223 e. The molecule has 0 aromatic carbocycles. The van der Waals surface area contributed by atoms with E-state index in [0.717, 1.165) is 13.0 Å². The zero-order valence-corrected chi connectivity index (χ0v) is 13.6. The zero-order chi connectivity index (χ0) is 13.4. The highest BCUT2D eigenvalue weighted by Gasteiger charge is 2.36. The number of hydrogen-bond donors (Lipinski definition) is 1. The van der Waals surface area contributed by atoms with Crippen molar-refractivity contribution in [2.75, 3.05) is 6.54 Å². The molecule has 0 saturated carbocycles. The van der Waals surface area contributed by atoms with Crippen LogP contribution in [-0.4, -0.2) is 35.5 Å². The van der Waals surface area contributed by atoms with Crippen molar-refractivity contribution in [3.05, 3.63) is 0 Å². The van der Waals surface area contributed by atoms with Gasteiger partial charge in [-0.25, -0.2) is 0 Å². The lowest BCUT2D eigenvalue weighted by Gasteiger charge is -2.39. The van der Waals surface area contributed by atoms with Crippen LogP contribution < -0.4 is 5.32 Å². The number of rotatable bonds is 2. The summed E-state index contributed by atoms with van der Waals surface area (Å²) in [5.74, 6) is 1.72. The number of carbonyl (C=O) groups excluding carboxylic acids is 1. The van der Waals surface area contributed by atoms with Gasteiger partial charge in [-0.3, -0.25) is 4.79 Å². The highest BCUT2D eigenvalue weighted by atomic mass is 35.5. The first-order valence-corrected chi connectivity index (χ1v) is 8.19. The maximum atomic E-state index is 12.6. The number of amides is 1. The van der Waals surface area contributed by atoms with Crippen molar-refractivity contribution in [3.8, 4) is 0 Å². The molecule has 1 amide bonds. The summed E-state index contributed by atoms with van der Waals surface area (Å²) in [5.41, 5.74) is 0. The lowest BCUT2D eigenvalue weighted by Crippen LogP contribution is -2.47. The molecule has 116 valence electrons. The van der Waals surface area contributed by atoms with Crippen LogP contribution in [0.5, 0.6) is 0 Å². The quantitative estimate of drug-likeness (QED) is 0.850. The lowest BCUT2D eigenvalue weighted by atomic mass is 9.87. The lowest BCUT2D eigenvalue weighted by molar-refractivity contribution is -0.137. The molecule has 1 N–H and O–H groups in total. The number of piperidine rings is 2. The summed E-state index contributed by atoms with van der Waals surface area (Å²) in [6, 6.07) is 1.85. The maximum absolute atomic E-state index is 12.6. The fraction of sp³-hybridized carbons (Fsp3) is 0.938. The second-order valence-electron chi connectivity index (χ2n) is 7.13. The van der Waals surface area contributed by atoms with Crippen molar-refractivity contribution >= 4 is 18.3 Å². The van der Waals surface area contributed by atoms with E-state index in [2.05, 4.69) is 24.1 Å². The Labute approximate surface area is 129 Å². The summed E-state index contributed by atoms with van der Waals surface area (Å²) in [7, 11) is 0. The molecule has 3 aliphatic heterocycles. The third-order valence-electron chi connectivity index (χ3n) is 5.73. The monoisotopic (exact) mass is 300 g/mol. The summed E-state index contributed by atoms with van der Waals surface area (Å²) >= 11 is 0. The van der Waals surface area contributed by atoms with Gasteiger partial charge in [0.2, 0.25) is 5.91 Å². The minimum absolute atomic E-state index is 0. The van der Waals surface area contributed by atoms with E-state index in [1.54, 1.807) is 0 Å². The molecule has 4 heteroatoms. The largest absolute Gasteiger partial charge is 0.340 e. The predicted molar refractivity (Wildman–Crippen MR) is 84.1 cm³/mol. The molecule has 3 rings (SSSR count). The molecule has 3 heterocycles. The van der Waals surface area contributed by atoms with Crippen molar-refractivity contribution in [3.63, 3.8) is 0 Å². The fourth-order valence-corrected chi connectivity index (χ4v) is 4.39. The number of hydrogen-bond acceptors (Lipinski definition) is 2. The highest BCUT2D eigenvalue weighted by molar-refractivity contribution is 5.85. The van der Waals surface area contributed by atoms with Gasteiger partial charge in [-0.1, -0.05) is 6.92 Å². The SMILES string of the molecule is CC1CCCN(C(=O)CC2CC3CCC(C2)N3)C1C.Cl. The van der Waals surface area contributed by atoms with Gasteiger partial charge in [-0.15, -0.1) is 12.4 Å². The Morgan fingerprint density at radius 3 is 2.45 bits per heavy atom. The van der Waals surface area contributed by atoms with E-state index in [-0.39, 0.29) is 12.4 Å². The Morgan fingerprint density at radius 1 is 1.15 bits per heavy atom. The minimum Gasteiger partial charge on any atom is -0.340 e. The van der Waals surface area contributed by atoms with E-state index < -0.39 is 0 Å². The number of likely N-dealkylation sites (tertiary alicyclic amines) is 1. The van der Waals surface area contributed by atoms with Crippen LogP contribution in [0.1, 0.15) is 58.8 Å². The molecule has 4 unspecified atom stereocenters. The Morgan fingerprint density at radius 2 is 1.80 bits per heavy atom. The third kappa shape index (κ3) is 3.30. The molecule has 0 aliphatic carbocycles. The molecule has 0 radical (unpaired) electrons. The molecule has 0 aromatic heterocycles. The third-order valence-corrected chi connectivity index (χ3v) is 5.73. The first-order chi connectivity index (χ1) is 9.13. The number of nitrogens with zero attached hydrogens (tertiary/aromatic N) is 1. The van der Waals surface area contributed by atoms with Gasteiger partial charge >= 0.3 is 0 Å². The van der Waals surface area contributed by atoms with E-state index in [4.69, 9.17) is 0 Å². The van der Waals surface area contributed by atoms with Crippen molar-refractivity contribution in [1.29, 1.82) is 0 Å². The zero-order valence-electron chi connectivity index (χ0n) is 12.8. The van der Waals surface area contributed by atoms with E-state index in [9.17, 15) is 4.79 Å². The van der Waals surface area contributed by atoms with Crippen molar-refractivity contribution in [1.82, 2.24) is 10.2 Å². The van der Waals surface area contributed by atoms with E-state index in [1.165, 1.54) is 38.5 Å². The second-order valence-corrected chi connectivity index (χ2v) is 7.13. The van der Waals surface area contributed by atoms with Crippen LogP contribution in [0.4, 0.5) is 0 Å². The average molecular weight is 301 g/mol. The van der Waals surface area contributed by atoms with Crippen LogP contribution in [-0.2, 0) is 4.79 Å². The van der Waals surface area contributed by atoms with E-state index >= 15 is 0 Å². The highest BCUT2D eigenvalue weighted by Crippen LogP contribution is 2.33. The molecule has 2 bridgehead atoms. The van der Waals surface area contributed by atoms with Crippen LogP contribution in [0.15, 0.2) is 0 Å². The average Bonchev–Trinajstić information content (AvgIpc) is 2.72. The summed E-state index contributed by atoms with van der Waals surface area (Å²) in [6.07, 6.45) is 8.36. The van der Waals surface area contributed by atoms with Crippen LogP contribution in [0.25, 0.3) is 0 Å². The molecule has 3 saturated heterocycles. The van der Waals surface area contributed by atoms with Gasteiger partial charge in [0, 0.05) is 31.1 Å². The Balaban J connectivity index is 0.00000147.